The van der Waals surface area contributed by atoms with E-state index in [-0.39, 0.29) is 12.0 Å². The minimum absolute atomic E-state index is 0.117. The molecule has 9 heteroatoms. The van der Waals surface area contributed by atoms with Crippen LogP contribution in [-0.2, 0) is 11.0 Å². The molecule has 25 heavy (non-hydrogen) atoms. The first-order valence-electron chi connectivity index (χ1n) is 7.90. The molecule has 0 spiro atoms. The molecule has 1 aromatic carbocycles. The molecule has 138 valence electrons. The molecule has 0 saturated carbocycles. The summed E-state index contributed by atoms with van der Waals surface area (Å²) in [6.45, 7) is 1.14. The number of nitrogens with zero attached hydrogens (tertiary/aromatic N) is 2. The van der Waals surface area contributed by atoms with Crippen molar-refractivity contribution < 1.29 is 22.7 Å². The lowest BCUT2D eigenvalue weighted by Crippen LogP contribution is -2.48. The average Bonchev–Trinajstić information content (AvgIpc) is 2.59. The molecule has 1 aliphatic heterocycles. The van der Waals surface area contributed by atoms with Crippen LogP contribution in [0.4, 0.5) is 13.2 Å². The number of benzene rings is 1. The Labute approximate surface area is 144 Å². The molecule has 0 radical (unpaired) electrons. The third kappa shape index (κ3) is 5.01. The van der Waals surface area contributed by atoms with Gasteiger partial charge in [0.1, 0.15) is 11.9 Å². The molecule has 0 atom stereocenters. The van der Waals surface area contributed by atoms with Gasteiger partial charge >= 0.3 is 6.18 Å². The standard InChI is InChI=1S/C16H21F3N4O2/c1-20-15(24)14(22-21-2)23-9-7-13(8-10-23)25-12-5-3-11(4-6-12)16(17,18)19/h3-6,13,21H,7-10H2,1-2H3,(H,20,24)/b22-14+. The predicted molar refractivity (Wildman–Crippen MR) is 87.2 cm³/mol. The van der Waals surface area contributed by atoms with Gasteiger partial charge in [-0.25, -0.2) is 0 Å². The second-order valence-corrected chi connectivity index (χ2v) is 5.56. The zero-order valence-corrected chi connectivity index (χ0v) is 14.1. The lowest BCUT2D eigenvalue weighted by Gasteiger charge is -2.33. The molecular weight excluding hydrogens is 337 g/mol. The fraction of sp³-hybridized carbons (Fsp3) is 0.500. The Hall–Kier alpha value is -2.45. The monoisotopic (exact) mass is 358 g/mol. The second-order valence-electron chi connectivity index (χ2n) is 5.56. The third-order valence-electron chi connectivity index (χ3n) is 3.87. The first-order valence-corrected chi connectivity index (χ1v) is 7.90. The number of hydrogen-bond donors (Lipinski definition) is 2. The number of ether oxygens (including phenoxy) is 1. The van der Waals surface area contributed by atoms with Gasteiger partial charge in [-0.1, -0.05) is 0 Å². The number of likely N-dealkylation sites (N-methyl/N-ethyl adjacent to an activating group) is 1. The summed E-state index contributed by atoms with van der Waals surface area (Å²) in [4.78, 5) is 13.7. The lowest BCUT2D eigenvalue weighted by atomic mass is 10.1. The van der Waals surface area contributed by atoms with E-state index < -0.39 is 11.7 Å². The van der Waals surface area contributed by atoms with Crippen LogP contribution in [0.5, 0.6) is 5.75 Å². The van der Waals surface area contributed by atoms with Crippen molar-refractivity contribution in [1.29, 1.82) is 0 Å². The summed E-state index contributed by atoms with van der Waals surface area (Å²) in [5, 5.41) is 6.53. The van der Waals surface area contributed by atoms with Gasteiger partial charge in [0.25, 0.3) is 5.91 Å². The van der Waals surface area contributed by atoms with Crippen molar-refractivity contribution in [3.63, 3.8) is 0 Å². The smallest absolute Gasteiger partial charge is 0.416 e. The van der Waals surface area contributed by atoms with Gasteiger partial charge in [0, 0.05) is 40.0 Å². The number of alkyl halides is 3. The van der Waals surface area contributed by atoms with Crippen LogP contribution in [0, 0.1) is 0 Å². The minimum atomic E-state index is -4.35. The van der Waals surface area contributed by atoms with E-state index in [4.69, 9.17) is 4.74 Å². The molecule has 0 aliphatic carbocycles. The summed E-state index contributed by atoms with van der Waals surface area (Å²) in [6, 6.07) is 4.67. The lowest BCUT2D eigenvalue weighted by molar-refractivity contribution is -0.137. The number of hydrogen-bond acceptors (Lipinski definition) is 4. The fourth-order valence-corrected chi connectivity index (χ4v) is 2.58. The quantitative estimate of drug-likeness (QED) is 0.492. The predicted octanol–water partition coefficient (Wildman–Crippen LogP) is 1.83. The Morgan fingerprint density at radius 2 is 1.80 bits per heavy atom. The Morgan fingerprint density at radius 1 is 1.20 bits per heavy atom. The highest BCUT2D eigenvalue weighted by molar-refractivity contribution is 6.37. The molecule has 2 N–H and O–H groups in total. The van der Waals surface area contributed by atoms with Gasteiger partial charge in [0.15, 0.2) is 0 Å². The molecule has 1 aliphatic rings. The summed E-state index contributed by atoms with van der Waals surface area (Å²) in [7, 11) is 3.15. The van der Waals surface area contributed by atoms with Crippen LogP contribution in [0.15, 0.2) is 29.4 Å². The Balaban J connectivity index is 1.92. The highest BCUT2D eigenvalue weighted by Crippen LogP contribution is 2.30. The summed E-state index contributed by atoms with van der Waals surface area (Å²) < 4.78 is 43.4. The van der Waals surface area contributed by atoms with Crippen molar-refractivity contribution in [2.24, 2.45) is 5.10 Å². The summed E-state index contributed by atoms with van der Waals surface area (Å²) in [5.74, 6) is 0.427. The molecule has 1 fully saturated rings. The van der Waals surface area contributed by atoms with E-state index >= 15 is 0 Å². The topological polar surface area (TPSA) is 66.0 Å². The van der Waals surface area contributed by atoms with E-state index in [2.05, 4.69) is 15.8 Å². The van der Waals surface area contributed by atoms with Crippen LogP contribution in [-0.4, -0.2) is 49.9 Å². The fourth-order valence-electron chi connectivity index (χ4n) is 2.58. The number of halogens is 3. The molecule has 0 unspecified atom stereocenters. The van der Waals surface area contributed by atoms with Crippen LogP contribution in [0.3, 0.4) is 0 Å². The Morgan fingerprint density at radius 3 is 2.28 bits per heavy atom. The van der Waals surface area contributed by atoms with Crippen LogP contribution < -0.4 is 15.5 Å². The van der Waals surface area contributed by atoms with Crippen molar-refractivity contribution >= 4 is 11.7 Å². The molecule has 0 bridgehead atoms. The molecule has 1 aromatic rings. The molecule has 1 amide bonds. The maximum Gasteiger partial charge on any atom is 0.416 e. The number of carbonyl (C=O) groups is 1. The average molecular weight is 358 g/mol. The molecular formula is C16H21F3N4O2. The number of amidine groups is 1. The van der Waals surface area contributed by atoms with Crippen LogP contribution in [0.1, 0.15) is 18.4 Å². The number of carbonyl (C=O) groups excluding carboxylic acids is 1. The van der Waals surface area contributed by atoms with Crippen molar-refractivity contribution in [3.05, 3.63) is 29.8 Å². The molecule has 1 saturated heterocycles. The number of nitrogens with one attached hydrogen (secondary N) is 2. The normalized spacial score (nSPS) is 16.5. The van der Waals surface area contributed by atoms with Gasteiger partial charge in [-0.05, 0) is 24.3 Å². The second kappa shape index (κ2) is 8.09. The van der Waals surface area contributed by atoms with Gasteiger partial charge in [-0.2, -0.15) is 18.3 Å². The maximum atomic E-state index is 12.6. The molecule has 6 nitrogen and oxygen atoms in total. The Kier molecular flexibility index (Phi) is 6.11. The van der Waals surface area contributed by atoms with E-state index in [1.54, 1.807) is 7.05 Å². The number of amides is 1. The van der Waals surface area contributed by atoms with Gasteiger partial charge in [-0.15, -0.1) is 0 Å². The van der Waals surface area contributed by atoms with Gasteiger partial charge in [0.2, 0.25) is 5.84 Å². The highest BCUT2D eigenvalue weighted by atomic mass is 19.4. The SMILES string of the molecule is CN/N=C(\C(=O)NC)N1CCC(Oc2ccc(C(F)(F)F)cc2)CC1. The zero-order chi connectivity index (χ0) is 18.4. The van der Waals surface area contributed by atoms with E-state index in [0.717, 1.165) is 12.1 Å². The highest BCUT2D eigenvalue weighted by Gasteiger charge is 2.30. The van der Waals surface area contributed by atoms with Crippen molar-refractivity contribution in [2.45, 2.75) is 25.1 Å². The van der Waals surface area contributed by atoms with Crippen molar-refractivity contribution in [3.8, 4) is 5.75 Å². The number of hydrazone groups is 1. The Bertz CT molecular complexity index is 609. The van der Waals surface area contributed by atoms with Crippen LogP contribution in [0.25, 0.3) is 0 Å². The van der Waals surface area contributed by atoms with Crippen LogP contribution >= 0.6 is 0 Å². The van der Waals surface area contributed by atoms with Gasteiger partial charge in [-0.3, -0.25) is 4.79 Å². The first kappa shape index (κ1) is 18.9. The first-order chi connectivity index (χ1) is 11.8. The van der Waals surface area contributed by atoms with Crippen LogP contribution in [0.2, 0.25) is 0 Å². The molecule has 1 heterocycles. The van der Waals surface area contributed by atoms with E-state index in [9.17, 15) is 18.0 Å². The number of likely N-dealkylation sites (tertiary alicyclic amines) is 1. The van der Waals surface area contributed by atoms with E-state index in [0.29, 0.717) is 37.5 Å². The summed E-state index contributed by atoms with van der Waals surface area (Å²) in [6.07, 6.45) is -3.19. The zero-order valence-electron chi connectivity index (χ0n) is 14.1. The molecule has 2 rings (SSSR count). The van der Waals surface area contributed by atoms with Crippen molar-refractivity contribution in [2.75, 3.05) is 27.2 Å². The number of rotatable bonds is 3. The van der Waals surface area contributed by atoms with Gasteiger partial charge < -0.3 is 20.4 Å². The molecule has 0 aromatic heterocycles. The minimum Gasteiger partial charge on any atom is -0.490 e. The largest absolute Gasteiger partial charge is 0.490 e. The maximum absolute atomic E-state index is 12.6. The van der Waals surface area contributed by atoms with E-state index in [1.165, 1.54) is 19.2 Å². The summed E-state index contributed by atoms with van der Waals surface area (Å²) >= 11 is 0. The number of piperidine rings is 1. The van der Waals surface area contributed by atoms with Crippen molar-refractivity contribution in [1.82, 2.24) is 15.6 Å². The van der Waals surface area contributed by atoms with E-state index in [1.807, 2.05) is 4.90 Å². The summed E-state index contributed by atoms with van der Waals surface area (Å²) in [5.41, 5.74) is 1.91. The third-order valence-corrected chi connectivity index (χ3v) is 3.87. The van der Waals surface area contributed by atoms with Gasteiger partial charge in [0.05, 0.1) is 5.56 Å².